The Bertz CT molecular complexity index is 848. The van der Waals surface area contributed by atoms with Crippen LogP contribution in [0.15, 0.2) is 11.1 Å². The highest BCUT2D eigenvalue weighted by atomic mass is 127. The number of amides is 1. The summed E-state index contributed by atoms with van der Waals surface area (Å²) < 4.78 is 8.20. The number of halogens is 1. The van der Waals surface area contributed by atoms with Crippen LogP contribution in [0.3, 0.4) is 0 Å². The molecule has 0 aromatic carbocycles. The number of alkyl halides is 1. The molecular weight excluding hydrogens is 441 g/mol. The maximum Gasteiger partial charge on any atom is 0.280 e. The molecule has 3 N–H and O–H groups in total. The Morgan fingerprint density at radius 2 is 2.28 bits per heavy atom. The molecule has 0 saturated carbocycles. The first-order valence-corrected chi connectivity index (χ1v) is 9.53. The van der Waals surface area contributed by atoms with Gasteiger partial charge in [0.1, 0.15) is 6.10 Å². The highest BCUT2D eigenvalue weighted by Gasteiger charge is 2.42. The fraction of sp³-hybridized carbons (Fsp3) is 0.600. The van der Waals surface area contributed by atoms with Crippen LogP contribution in [0.5, 0.6) is 0 Å². The molecule has 1 aliphatic heterocycles. The van der Waals surface area contributed by atoms with Crippen molar-refractivity contribution in [1.82, 2.24) is 19.5 Å². The number of anilines is 1. The number of ether oxygens (including phenoxy) is 1. The first kappa shape index (κ1) is 18.3. The molecule has 4 atom stereocenters. The maximum atomic E-state index is 12.2. The lowest BCUT2D eigenvalue weighted by Crippen LogP contribution is -2.25. The fourth-order valence-corrected chi connectivity index (χ4v) is 3.71. The van der Waals surface area contributed by atoms with Gasteiger partial charge in [0.25, 0.3) is 5.56 Å². The molecule has 0 spiro atoms. The molecule has 1 fully saturated rings. The predicted octanol–water partition coefficient (Wildman–Crippen LogP) is 1.04. The first-order valence-electron chi connectivity index (χ1n) is 8.00. The van der Waals surface area contributed by atoms with E-state index >= 15 is 0 Å². The molecule has 0 aliphatic carbocycles. The van der Waals surface area contributed by atoms with Gasteiger partial charge in [-0.3, -0.25) is 24.5 Å². The number of aromatic nitrogens is 4. The third-order valence-corrected chi connectivity index (χ3v) is 5.22. The molecule has 3 heterocycles. The number of hydrogen-bond acceptors (Lipinski definition) is 6. The minimum Gasteiger partial charge on any atom is -0.388 e. The third kappa shape index (κ3) is 3.29. The molecule has 9 nitrogen and oxygen atoms in total. The monoisotopic (exact) mass is 461 g/mol. The molecule has 0 radical (unpaired) electrons. The van der Waals surface area contributed by atoms with Crippen LogP contribution in [0, 0.1) is 11.8 Å². The molecule has 0 bridgehead atoms. The summed E-state index contributed by atoms with van der Waals surface area (Å²) in [5, 5.41) is 13.1. The number of rotatable bonds is 4. The van der Waals surface area contributed by atoms with Gasteiger partial charge in [0.2, 0.25) is 11.9 Å². The summed E-state index contributed by atoms with van der Waals surface area (Å²) in [4.78, 5) is 34.9. The zero-order chi connectivity index (χ0) is 18.3. The van der Waals surface area contributed by atoms with Crippen molar-refractivity contribution < 1.29 is 14.6 Å². The minimum absolute atomic E-state index is 0.0453. The second-order valence-corrected chi connectivity index (χ2v) is 7.33. The molecule has 136 valence electrons. The third-order valence-electron chi connectivity index (χ3n) is 4.36. The molecule has 0 unspecified atom stereocenters. The summed E-state index contributed by atoms with van der Waals surface area (Å²) in [6.07, 6.45) is -0.0910. The molecule has 25 heavy (non-hydrogen) atoms. The van der Waals surface area contributed by atoms with Gasteiger partial charge in [0.15, 0.2) is 17.4 Å². The molecule has 2 aromatic heterocycles. The van der Waals surface area contributed by atoms with Crippen LogP contribution in [0.2, 0.25) is 0 Å². The summed E-state index contributed by atoms with van der Waals surface area (Å²) in [6, 6.07) is 0. The highest BCUT2D eigenvalue weighted by molar-refractivity contribution is 14.1. The molecule has 2 aromatic rings. The van der Waals surface area contributed by atoms with Crippen LogP contribution in [0.1, 0.15) is 27.0 Å². The van der Waals surface area contributed by atoms with Gasteiger partial charge in [-0.2, -0.15) is 4.98 Å². The van der Waals surface area contributed by atoms with Crippen LogP contribution >= 0.6 is 22.6 Å². The lowest BCUT2D eigenvalue weighted by Gasteiger charge is -2.17. The van der Waals surface area contributed by atoms with Crippen molar-refractivity contribution in [2.75, 3.05) is 9.74 Å². The van der Waals surface area contributed by atoms with E-state index in [1.807, 2.05) is 6.92 Å². The molecule has 10 heteroatoms. The smallest absolute Gasteiger partial charge is 0.280 e. The van der Waals surface area contributed by atoms with E-state index in [4.69, 9.17) is 4.74 Å². The summed E-state index contributed by atoms with van der Waals surface area (Å²) >= 11 is 2.21. The summed E-state index contributed by atoms with van der Waals surface area (Å²) in [7, 11) is 0. The largest absolute Gasteiger partial charge is 0.388 e. The number of fused-ring (bicyclic) bond motifs is 1. The summed E-state index contributed by atoms with van der Waals surface area (Å²) in [6.45, 7) is 5.40. The van der Waals surface area contributed by atoms with Crippen molar-refractivity contribution >= 4 is 45.6 Å². The Labute approximate surface area is 157 Å². The molecule has 1 saturated heterocycles. The number of carbonyl (C=O) groups excluding carboxylic acids is 1. The van der Waals surface area contributed by atoms with Gasteiger partial charge in [0.05, 0.1) is 12.4 Å². The standard InChI is InChI=1S/C15H20IN5O4/c1-6(2)12(23)19-15-18-11-9(13(24)20-15)17-5-21(11)14-10(22)7(3)8(4-16)25-14/h5-8,10,14,22H,4H2,1-3H3,(H2,18,19,20,23,24)/t7-,8-,10-,14-/m1/s1. The quantitative estimate of drug-likeness (QED) is 0.462. The number of carbonyl (C=O) groups is 1. The fourth-order valence-electron chi connectivity index (χ4n) is 2.70. The van der Waals surface area contributed by atoms with E-state index in [2.05, 4.69) is 42.9 Å². The van der Waals surface area contributed by atoms with Crippen LogP contribution in [-0.4, -0.2) is 47.2 Å². The first-order chi connectivity index (χ1) is 11.8. The van der Waals surface area contributed by atoms with Crippen molar-refractivity contribution in [3.8, 4) is 0 Å². The van der Waals surface area contributed by atoms with Gasteiger partial charge >= 0.3 is 0 Å². The number of H-pyrrole nitrogens is 1. The van der Waals surface area contributed by atoms with Crippen LogP contribution in [0.4, 0.5) is 5.95 Å². The molecule has 1 amide bonds. The van der Waals surface area contributed by atoms with Crippen molar-refractivity contribution in [2.24, 2.45) is 11.8 Å². The zero-order valence-corrected chi connectivity index (χ0v) is 16.2. The average molecular weight is 461 g/mol. The zero-order valence-electron chi connectivity index (χ0n) is 14.1. The Balaban J connectivity index is 2.01. The van der Waals surface area contributed by atoms with Crippen molar-refractivity contribution in [3.05, 3.63) is 16.7 Å². The Hall–Kier alpha value is -1.53. The molecule has 1 aliphatic rings. The minimum atomic E-state index is -0.744. The maximum absolute atomic E-state index is 12.2. The topological polar surface area (TPSA) is 122 Å². The Morgan fingerprint density at radius 3 is 2.88 bits per heavy atom. The van der Waals surface area contributed by atoms with E-state index in [0.717, 1.165) is 4.43 Å². The van der Waals surface area contributed by atoms with Gasteiger partial charge in [-0.05, 0) is 0 Å². The van der Waals surface area contributed by atoms with E-state index in [1.165, 1.54) is 6.33 Å². The van der Waals surface area contributed by atoms with Crippen LogP contribution in [0.25, 0.3) is 11.2 Å². The van der Waals surface area contributed by atoms with Crippen LogP contribution in [-0.2, 0) is 9.53 Å². The number of aliphatic hydroxyl groups is 1. The number of imidazole rings is 1. The van der Waals surface area contributed by atoms with Crippen molar-refractivity contribution in [3.63, 3.8) is 0 Å². The number of aromatic amines is 1. The normalized spacial score (nSPS) is 26.5. The second kappa shape index (κ2) is 7.00. The summed E-state index contributed by atoms with van der Waals surface area (Å²) in [5.74, 6) is -0.522. The summed E-state index contributed by atoms with van der Waals surface area (Å²) in [5.41, 5.74) is -0.0779. The number of aliphatic hydroxyl groups excluding tert-OH is 1. The van der Waals surface area contributed by atoms with E-state index in [9.17, 15) is 14.7 Å². The van der Waals surface area contributed by atoms with E-state index < -0.39 is 17.9 Å². The van der Waals surface area contributed by atoms with Gasteiger partial charge in [-0.25, -0.2) is 4.98 Å². The number of nitrogens with one attached hydrogen (secondary N) is 2. The molecule has 3 rings (SSSR count). The average Bonchev–Trinajstić information content (AvgIpc) is 3.10. The Morgan fingerprint density at radius 1 is 1.56 bits per heavy atom. The molecular formula is C15H20IN5O4. The van der Waals surface area contributed by atoms with Crippen LogP contribution < -0.4 is 10.9 Å². The van der Waals surface area contributed by atoms with Gasteiger partial charge in [-0.15, -0.1) is 0 Å². The van der Waals surface area contributed by atoms with Crippen molar-refractivity contribution in [2.45, 2.75) is 39.2 Å². The number of hydrogen-bond donors (Lipinski definition) is 3. The SMILES string of the molecule is CC(C)C(=O)Nc1nc2c(ncn2[C@@H]2O[C@H](CI)[C@@H](C)[C@H]2O)c(=O)[nH]1. The highest BCUT2D eigenvalue weighted by Crippen LogP contribution is 2.35. The van der Waals surface area contributed by atoms with Gasteiger partial charge < -0.3 is 9.84 Å². The van der Waals surface area contributed by atoms with E-state index in [0.29, 0.717) is 0 Å². The van der Waals surface area contributed by atoms with E-state index in [1.54, 1.807) is 18.4 Å². The number of nitrogens with zero attached hydrogens (tertiary/aromatic N) is 3. The predicted molar refractivity (Wildman–Crippen MR) is 99.6 cm³/mol. The lowest BCUT2D eigenvalue weighted by atomic mass is 10.0. The van der Waals surface area contributed by atoms with Crippen molar-refractivity contribution in [1.29, 1.82) is 0 Å². The Kier molecular flexibility index (Phi) is 5.11. The second-order valence-electron chi connectivity index (χ2n) is 6.45. The van der Waals surface area contributed by atoms with Gasteiger partial charge in [-0.1, -0.05) is 43.4 Å². The van der Waals surface area contributed by atoms with E-state index in [-0.39, 0.29) is 41.0 Å². The van der Waals surface area contributed by atoms with Gasteiger partial charge in [0, 0.05) is 16.3 Å². The lowest BCUT2D eigenvalue weighted by molar-refractivity contribution is -0.118.